The second kappa shape index (κ2) is 8.26. The normalized spacial score (nSPS) is 17.3. The molecule has 3 N–H and O–H groups in total. The highest BCUT2D eigenvalue weighted by molar-refractivity contribution is 6.12. The molecule has 0 bridgehead atoms. The third kappa shape index (κ3) is 3.92. The summed E-state index contributed by atoms with van der Waals surface area (Å²) >= 11 is 0. The van der Waals surface area contributed by atoms with Crippen LogP contribution in [0.15, 0.2) is 30.9 Å². The molecular formula is C21H22F2N8O2. The number of halogens is 2. The van der Waals surface area contributed by atoms with Gasteiger partial charge in [-0.05, 0) is 18.9 Å². The topological polar surface area (TPSA) is 122 Å². The number of nitrogen functional groups attached to an aromatic ring is 1. The number of amides is 2. The summed E-state index contributed by atoms with van der Waals surface area (Å²) in [5.74, 6) is -1.33. The number of aromatic nitrogens is 4. The number of carbonyl (C=O) groups is 2. The lowest BCUT2D eigenvalue weighted by atomic mass is 9.93. The van der Waals surface area contributed by atoms with Crippen LogP contribution in [0, 0.1) is 11.7 Å². The molecule has 0 aliphatic carbocycles. The Morgan fingerprint density at radius 1 is 1.18 bits per heavy atom. The van der Waals surface area contributed by atoms with Gasteiger partial charge < -0.3 is 20.9 Å². The maximum atomic E-state index is 13.4. The second-order valence-corrected chi connectivity index (χ2v) is 8.25. The molecule has 2 saturated heterocycles. The first-order valence-corrected chi connectivity index (χ1v) is 10.6. The molecule has 3 aromatic rings. The van der Waals surface area contributed by atoms with Crippen LogP contribution in [0.3, 0.4) is 0 Å². The first-order valence-electron chi connectivity index (χ1n) is 10.6. The van der Waals surface area contributed by atoms with Crippen LogP contribution in [0.4, 0.5) is 26.0 Å². The van der Waals surface area contributed by atoms with E-state index in [9.17, 15) is 18.4 Å². The van der Waals surface area contributed by atoms with E-state index < -0.39 is 17.9 Å². The van der Waals surface area contributed by atoms with Crippen molar-refractivity contribution in [2.45, 2.75) is 19.0 Å². The fourth-order valence-electron chi connectivity index (χ4n) is 4.32. The number of hydrogen-bond donors (Lipinski definition) is 2. The van der Waals surface area contributed by atoms with E-state index in [1.54, 1.807) is 17.2 Å². The molecule has 2 amide bonds. The smallest absolute Gasteiger partial charge is 0.263 e. The Balaban J connectivity index is 1.31. The summed E-state index contributed by atoms with van der Waals surface area (Å²) in [4.78, 5) is 37.2. The molecule has 0 spiro atoms. The van der Waals surface area contributed by atoms with Crippen molar-refractivity contribution in [3.63, 3.8) is 0 Å². The van der Waals surface area contributed by atoms with Gasteiger partial charge in [0, 0.05) is 25.2 Å². The standard InChI is InChI=1S/C21H22F2N8O2/c22-13-7-26-19-17(18(24)28-31(19)11-13)20(32)27-15-8-25-4-1-16(15)29-5-2-12(3-6-29)21(33)30-9-14(23)10-30/h1,4,7-8,11-12,14H,2-3,5-6,9-10H2,(H2,24,28)(H,27,32). The van der Waals surface area contributed by atoms with Crippen LogP contribution in [-0.2, 0) is 4.79 Å². The average Bonchev–Trinajstić information content (AvgIpc) is 3.11. The van der Waals surface area contributed by atoms with Crippen LogP contribution in [0.5, 0.6) is 0 Å². The largest absolute Gasteiger partial charge is 0.381 e. The van der Waals surface area contributed by atoms with E-state index in [1.165, 1.54) is 6.20 Å². The third-order valence-electron chi connectivity index (χ3n) is 6.07. The number of nitrogens with one attached hydrogen (secondary N) is 1. The molecule has 5 rings (SSSR count). The Labute approximate surface area is 187 Å². The zero-order valence-corrected chi connectivity index (χ0v) is 17.6. The molecule has 2 fully saturated rings. The molecule has 2 aliphatic heterocycles. The summed E-state index contributed by atoms with van der Waals surface area (Å²) in [5, 5.41) is 6.76. The maximum absolute atomic E-state index is 13.4. The van der Waals surface area contributed by atoms with E-state index in [0.29, 0.717) is 31.6 Å². The second-order valence-electron chi connectivity index (χ2n) is 8.25. The third-order valence-corrected chi connectivity index (χ3v) is 6.07. The number of carbonyl (C=O) groups excluding carboxylic acids is 2. The minimum Gasteiger partial charge on any atom is -0.381 e. The number of nitrogens with zero attached hydrogens (tertiary/aromatic N) is 6. The molecule has 0 atom stereocenters. The van der Waals surface area contributed by atoms with Crippen molar-refractivity contribution in [2.24, 2.45) is 5.92 Å². The van der Waals surface area contributed by atoms with Crippen LogP contribution in [0.1, 0.15) is 23.2 Å². The molecule has 0 saturated carbocycles. The quantitative estimate of drug-likeness (QED) is 0.610. The molecule has 33 heavy (non-hydrogen) atoms. The van der Waals surface area contributed by atoms with E-state index in [0.717, 1.165) is 22.6 Å². The van der Waals surface area contributed by atoms with Gasteiger partial charge in [-0.2, -0.15) is 0 Å². The number of anilines is 3. The number of rotatable bonds is 4. The minimum absolute atomic E-state index is 0.0132. The highest BCUT2D eigenvalue weighted by atomic mass is 19.1. The number of pyridine rings is 1. The number of fused-ring (bicyclic) bond motifs is 1. The molecule has 0 radical (unpaired) electrons. The average molecular weight is 456 g/mol. The highest BCUT2D eigenvalue weighted by Crippen LogP contribution is 2.31. The van der Waals surface area contributed by atoms with Gasteiger partial charge in [0.25, 0.3) is 5.91 Å². The van der Waals surface area contributed by atoms with Gasteiger partial charge >= 0.3 is 0 Å². The van der Waals surface area contributed by atoms with E-state index in [2.05, 4.69) is 25.3 Å². The van der Waals surface area contributed by atoms with Crippen LogP contribution < -0.4 is 16.0 Å². The van der Waals surface area contributed by atoms with E-state index in [-0.39, 0.29) is 41.9 Å². The Bertz CT molecular complexity index is 1220. The fourth-order valence-corrected chi connectivity index (χ4v) is 4.32. The molecule has 172 valence electrons. The van der Waals surface area contributed by atoms with Crippen LogP contribution in [0.25, 0.3) is 5.65 Å². The Hall–Kier alpha value is -3.83. The van der Waals surface area contributed by atoms with Gasteiger partial charge in [-0.15, -0.1) is 5.10 Å². The number of likely N-dealkylation sites (tertiary alicyclic amines) is 1. The molecule has 3 aromatic heterocycles. The molecule has 2 aliphatic rings. The summed E-state index contributed by atoms with van der Waals surface area (Å²) in [7, 11) is 0. The lowest BCUT2D eigenvalue weighted by Gasteiger charge is -2.40. The monoisotopic (exact) mass is 456 g/mol. The summed E-state index contributed by atoms with van der Waals surface area (Å²) < 4.78 is 27.6. The van der Waals surface area contributed by atoms with Gasteiger partial charge in [0.2, 0.25) is 5.91 Å². The molecule has 12 heteroatoms. The Morgan fingerprint density at radius 2 is 1.94 bits per heavy atom. The number of piperidine rings is 1. The predicted molar refractivity (Wildman–Crippen MR) is 116 cm³/mol. The summed E-state index contributed by atoms with van der Waals surface area (Å²) in [5.41, 5.74) is 7.29. The van der Waals surface area contributed by atoms with E-state index in [1.807, 2.05) is 0 Å². The zero-order chi connectivity index (χ0) is 23.1. The fraction of sp³-hybridized carbons (Fsp3) is 0.381. The lowest BCUT2D eigenvalue weighted by molar-refractivity contribution is -0.143. The number of hydrogen-bond acceptors (Lipinski definition) is 7. The van der Waals surface area contributed by atoms with Crippen molar-refractivity contribution in [3.8, 4) is 0 Å². The van der Waals surface area contributed by atoms with Gasteiger partial charge in [0.15, 0.2) is 17.3 Å². The minimum atomic E-state index is -0.909. The van der Waals surface area contributed by atoms with Gasteiger partial charge in [-0.25, -0.2) is 18.3 Å². The molecular weight excluding hydrogens is 434 g/mol. The van der Waals surface area contributed by atoms with Crippen LogP contribution >= 0.6 is 0 Å². The predicted octanol–water partition coefficient (Wildman–Crippen LogP) is 1.49. The van der Waals surface area contributed by atoms with Crippen molar-refractivity contribution in [3.05, 3.63) is 42.2 Å². The summed E-state index contributed by atoms with van der Waals surface area (Å²) in [6.07, 6.45) is 5.59. The summed E-state index contributed by atoms with van der Waals surface area (Å²) in [6.45, 7) is 1.59. The van der Waals surface area contributed by atoms with Gasteiger partial charge in [-0.3, -0.25) is 14.6 Å². The van der Waals surface area contributed by atoms with Crippen LogP contribution in [-0.4, -0.2) is 68.6 Å². The molecule has 10 nitrogen and oxygen atoms in total. The highest BCUT2D eigenvalue weighted by Gasteiger charge is 2.36. The number of alkyl halides is 1. The summed E-state index contributed by atoms with van der Waals surface area (Å²) in [6, 6.07) is 1.79. The van der Waals surface area contributed by atoms with Crippen molar-refractivity contribution in [2.75, 3.05) is 42.1 Å². The van der Waals surface area contributed by atoms with Gasteiger partial charge in [0.05, 0.1) is 43.1 Å². The maximum Gasteiger partial charge on any atom is 0.263 e. The van der Waals surface area contributed by atoms with Crippen molar-refractivity contribution >= 4 is 34.7 Å². The van der Waals surface area contributed by atoms with Crippen molar-refractivity contribution < 1.29 is 18.4 Å². The van der Waals surface area contributed by atoms with Crippen LogP contribution in [0.2, 0.25) is 0 Å². The first-order chi connectivity index (χ1) is 15.9. The lowest BCUT2D eigenvalue weighted by Crippen LogP contribution is -2.54. The van der Waals surface area contributed by atoms with Crippen molar-refractivity contribution in [1.82, 2.24) is 24.5 Å². The van der Waals surface area contributed by atoms with E-state index in [4.69, 9.17) is 5.73 Å². The zero-order valence-electron chi connectivity index (χ0n) is 17.6. The Kier molecular flexibility index (Phi) is 5.27. The molecule has 0 unspecified atom stereocenters. The van der Waals surface area contributed by atoms with Crippen molar-refractivity contribution in [1.29, 1.82) is 0 Å². The number of nitrogens with two attached hydrogens (primary N) is 1. The SMILES string of the molecule is Nc1nn2cc(F)cnc2c1C(=O)Nc1cnccc1N1CCC(C(=O)N2CC(F)C2)CC1. The first kappa shape index (κ1) is 21.0. The molecule has 5 heterocycles. The van der Waals surface area contributed by atoms with E-state index >= 15 is 0 Å². The Morgan fingerprint density at radius 3 is 2.67 bits per heavy atom. The van der Waals surface area contributed by atoms with Gasteiger partial charge in [-0.1, -0.05) is 0 Å². The molecule has 0 aromatic carbocycles. The van der Waals surface area contributed by atoms with Gasteiger partial charge in [0.1, 0.15) is 11.7 Å².